The van der Waals surface area contributed by atoms with Crippen molar-refractivity contribution in [1.82, 2.24) is 20.7 Å². The van der Waals surface area contributed by atoms with Crippen molar-refractivity contribution in [1.29, 1.82) is 0 Å². The van der Waals surface area contributed by atoms with Gasteiger partial charge in [-0.25, -0.2) is 5.06 Å². The third kappa shape index (κ3) is 4.39. The number of carbonyl (C=O) groups is 1. The van der Waals surface area contributed by atoms with Crippen LogP contribution in [-0.4, -0.2) is 33.4 Å². The first-order valence-corrected chi connectivity index (χ1v) is 8.95. The highest BCUT2D eigenvalue weighted by molar-refractivity contribution is 5.44. The maximum Gasteiger partial charge on any atom is 0.233 e. The Kier molecular flexibility index (Phi) is 6.19. The van der Waals surface area contributed by atoms with Crippen molar-refractivity contribution in [3.05, 3.63) is 41.6 Å². The minimum atomic E-state index is -0.182. The van der Waals surface area contributed by atoms with Gasteiger partial charge in [-0.3, -0.25) is 10.0 Å². The lowest BCUT2D eigenvalue weighted by atomic mass is 10.0. The second-order valence-corrected chi connectivity index (χ2v) is 6.47. The molecule has 0 spiro atoms. The summed E-state index contributed by atoms with van der Waals surface area (Å²) in [7, 11) is 0. The van der Waals surface area contributed by atoms with E-state index in [-0.39, 0.29) is 18.5 Å². The van der Waals surface area contributed by atoms with Gasteiger partial charge in [0.25, 0.3) is 0 Å². The van der Waals surface area contributed by atoms with Crippen molar-refractivity contribution >= 4 is 6.41 Å². The van der Waals surface area contributed by atoms with Gasteiger partial charge in [0.15, 0.2) is 5.75 Å². The molecule has 8 heteroatoms. The molecule has 1 unspecified atom stereocenters. The quantitative estimate of drug-likeness (QED) is 0.291. The number of unbranched alkanes of at least 4 members (excludes halogenated alkanes) is 2. The molecule has 2 heterocycles. The van der Waals surface area contributed by atoms with Crippen LogP contribution in [0.15, 0.2) is 28.7 Å². The number of hydroxylamine groups is 3. The molecule has 140 valence electrons. The molecule has 2 N–H and O–H groups in total. The summed E-state index contributed by atoms with van der Waals surface area (Å²) in [6, 6.07) is 7.73. The minimum Gasteiger partial charge on any atom is -0.425 e. The second kappa shape index (κ2) is 8.77. The molecule has 26 heavy (non-hydrogen) atoms. The molecule has 1 aliphatic rings. The lowest BCUT2D eigenvalue weighted by molar-refractivity contribution is -0.151. The van der Waals surface area contributed by atoms with Crippen molar-refractivity contribution in [3.63, 3.8) is 0 Å². The summed E-state index contributed by atoms with van der Waals surface area (Å²) in [6.07, 6.45) is 4.79. The summed E-state index contributed by atoms with van der Waals surface area (Å²) in [4.78, 5) is 16.2. The summed E-state index contributed by atoms with van der Waals surface area (Å²) in [6.45, 7) is 2.26. The van der Waals surface area contributed by atoms with Gasteiger partial charge in [0, 0.05) is 12.0 Å². The highest BCUT2D eigenvalue weighted by Gasteiger charge is 2.27. The number of rotatable bonds is 10. The molecule has 0 saturated heterocycles. The number of hydrogen-bond acceptors (Lipinski definition) is 7. The van der Waals surface area contributed by atoms with Crippen molar-refractivity contribution in [2.75, 3.05) is 6.54 Å². The zero-order valence-electron chi connectivity index (χ0n) is 14.8. The van der Waals surface area contributed by atoms with Crippen LogP contribution in [-0.2, 0) is 11.2 Å². The molecule has 0 radical (unpaired) electrons. The van der Waals surface area contributed by atoms with Crippen LogP contribution in [0.2, 0.25) is 0 Å². The fraction of sp³-hybridized carbons (Fsp3) is 0.500. The Morgan fingerprint density at radius 1 is 1.35 bits per heavy atom. The summed E-state index contributed by atoms with van der Waals surface area (Å²) < 4.78 is 5.83. The van der Waals surface area contributed by atoms with Gasteiger partial charge in [0.1, 0.15) is 0 Å². The van der Waals surface area contributed by atoms with Gasteiger partial charge in [0.05, 0.1) is 18.5 Å². The Bertz CT molecular complexity index is 721. The van der Waals surface area contributed by atoms with Crippen LogP contribution >= 0.6 is 0 Å². The van der Waals surface area contributed by atoms with E-state index < -0.39 is 0 Å². The van der Waals surface area contributed by atoms with Crippen LogP contribution in [0.3, 0.4) is 0 Å². The predicted molar refractivity (Wildman–Crippen MR) is 92.4 cm³/mol. The Balaban J connectivity index is 1.67. The Morgan fingerprint density at radius 3 is 3.00 bits per heavy atom. The van der Waals surface area contributed by atoms with Crippen molar-refractivity contribution in [3.8, 4) is 5.75 Å². The number of carbonyl (C=O) groups excluding carboxylic acids is 1. The highest BCUT2D eigenvalue weighted by atomic mass is 16.7. The number of para-hydroxylation sites is 1. The van der Waals surface area contributed by atoms with Gasteiger partial charge in [-0.1, -0.05) is 44.4 Å². The largest absolute Gasteiger partial charge is 0.425 e. The van der Waals surface area contributed by atoms with Crippen LogP contribution < -0.4 is 10.3 Å². The summed E-state index contributed by atoms with van der Waals surface area (Å²) in [5.74, 6) is 1.56. The van der Waals surface area contributed by atoms with Crippen molar-refractivity contribution < 1.29 is 19.3 Å². The molecule has 8 nitrogen and oxygen atoms in total. The summed E-state index contributed by atoms with van der Waals surface area (Å²) in [5, 5.41) is 18.4. The van der Waals surface area contributed by atoms with Crippen LogP contribution in [0.1, 0.15) is 61.9 Å². The Labute approximate surface area is 152 Å². The molecule has 1 amide bonds. The first-order valence-electron chi connectivity index (χ1n) is 8.95. The van der Waals surface area contributed by atoms with E-state index in [1.54, 1.807) is 0 Å². The van der Waals surface area contributed by atoms with E-state index in [1.165, 1.54) is 0 Å². The van der Waals surface area contributed by atoms with Gasteiger partial charge in [-0.15, -0.1) is 15.7 Å². The smallest absolute Gasteiger partial charge is 0.233 e. The molecule has 0 bridgehead atoms. The fourth-order valence-corrected chi connectivity index (χ4v) is 3.10. The molecule has 2 aromatic rings. The monoisotopic (exact) mass is 360 g/mol. The third-order valence-corrected chi connectivity index (χ3v) is 4.50. The normalized spacial score (nSPS) is 16.8. The molecular formula is C18H24N4O4. The predicted octanol–water partition coefficient (Wildman–Crippen LogP) is 2.76. The third-order valence-electron chi connectivity index (χ3n) is 4.50. The van der Waals surface area contributed by atoms with Gasteiger partial charge < -0.3 is 9.25 Å². The number of fused-ring (bicyclic) bond motifs is 1. The summed E-state index contributed by atoms with van der Waals surface area (Å²) in [5.41, 5.74) is 4.02. The number of aromatic nitrogens is 2. The van der Waals surface area contributed by atoms with Crippen LogP contribution in [0, 0.1) is 0 Å². The zero-order chi connectivity index (χ0) is 18.4. The molecule has 1 aliphatic heterocycles. The molecule has 3 rings (SSSR count). The van der Waals surface area contributed by atoms with Crippen LogP contribution in [0.25, 0.3) is 0 Å². The standard InChI is InChI=1S/C18H24N4O4/c1-2-3-4-7-13(11-22(24)12-23)18-20-19-17(25-18)10-15-14-8-5-6-9-16(14)26-21-15/h5-6,8-9,12-13,15,21,24H,2-4,7,10-11H2,1H3/t13-,15?/m1/s1. The van der Waals surface area contributed by atoms with Gasteiger partial charge >= 0.3 is 0 Å². The lowest BCUT2D eigenvalue weighted by Gasteiger charge is -2.16. The molecule has 1 aromatic heterocycles. The van der Waals surface area contributed by atoms with Crippen LogP contribution in [0.4, 0.5) is 0 Å². The number of amides is 1. The van der Waals surface area contributed by atoms with E-state index in [2.05, 4.69) is 22.6 Å². The number of benzene rings is 1. The fourth-order valence-electron chi connectivity index (χ4n) is 3.10. The number of nitrogens with zero attached hydrogens (tertiary/aromatic N) is 3. The Hall–Kier alpha value is -2.45. The number of nitrogens with one attached hydrogen (secondary N) is 1. The van der Waals surface area contributed by atoms with Crippen molar-refractivity contribution in [2.24, 2.45) is 0 Å². The second-order valence-electron chi connectivity index (χ2n) is 6.47. The molecule has 1 aromatic carbocycles. The van der Waals surface area contributed by atoms with Gasteiger partial charge in [-0.05, 0) is 12.5 Å². The minimum absolute atomic E-state index is 0.0534. The number of hydrogen-bond donors (Lipinski definition) is 2. The molecule has 0 aliphatic carbocycles. The van der Waals surface area contributed by atoms with E-state index >= 15 is 0 Å². The SMILES string of the molecule is CCCCC[C@H](CN(O)C=O)c1nnc(CC2NOc3ccccc32)o1. The first kappa shape index (κ1) is 18.3. The van der Waals surface area contributed by atoms with Gasteiger partial charge in [0.2, 0.25) is 18.2 Å². The van der Waals surface area contributed by atoms with E-state index in [1.807, 2.05) is 24.3 Å². The van der Waals surface area contributed by atoms with Crippen LogP contribution in [0.5, 0.6) is 5.75 Å². The van der Waals surface area contributed by atoms with E-state index in [0.717, 1.165) is 37.0 Å². The average Bonchev–Trinajstić information content (AvgIpc) is 3.29. The van der Waals surface area contributed by atoms with E-state index in [9.17, 15) is 10.0 Å². The zero-order valence-corrected chi connectivity index (χ0v) is 14.8. The lowest BCUT2D eigenvalue weighted by Crippen LogP contribution is -2.24. The maximum absolute atomic E-state index is 10.7. The van der Waals surface area contributed by atoms with E-state index in [4.69, 9.17) is 9.25 Å². The Morgan fingerprint density at radius 2 is 2.19 bits per heavy atom. The molecule has 0 saturated carbocycles. The highest BCUT2D eigenvalue weighted by Crippen LogP contribution is 2.32. The summed E-state index contributed by atoms with van der Waals surface area (Å²) >= 11 is 0. The average molecular weight is 360 g/mol. The van der Waals surface area contributed by atoms with E-state index in [0.29, 0.717) is 29.7 Å². The van der Waals surface area contributed by atoms with Gasteiger partial charge in [-0.2, -0.15) is 0 Å². The molecule has 0 fully saturated rings. The first-order chi connectivity index (χ1) is 12.7. The topological polar surface area (TPSA) is 101 Å². The van der Waals surface area contributed by atoms with Crippen molar-refractivity contribution in [2.45, 2.75) is 51.0 Å². The maximum atomic E-state index is 10.7. The molecule has 2 atom stereocenters. The molecular weight excluding hydrogens is 336 g/mol.